The summed E-state index contributed by atoms with van der Waals surface area (Å²) >= 11 is 0. The molecule has 0 aliphatic heterocycles. The average Bonchev–Trinajstić information content (AvgIpc) is 2.38. The number of carbonyl (C=O) groups is 4. The average molecular weight is 375 g/mol. The van der Waals surface area contributed by atoms with Crippen molar-refractivity contribution in [2.75, 3.05) is 0 Å². The Balaban J connectivity index is 4.93. The van der Waals surface area contributed by atoms with Crippen LogP contribution in [0.2, 0.25) is 0 Å². The van der Waals surface area contributed by atoms with E-state index in [1.807, 2.05) is 0 Å². The minimum absolute atomic E-state index is 0.126. The molecule has 2 unspecified atom stereocenters. The van der Waals surface area contributed by atoms with Crippen molar-refractivity contribution in [3.05, 3.63) is 0 Å². The predicted molar refractivity (Wildman–Crippen MR) is 91.4 cm³/mol. The molecular weight excluding hydrogens is 346 g/mol. The third-order valence-corrected chi connectivity index (χ3v) is 2.68. The molecule has 0 bridgehead atoms. The Kier molecular flexibility index (Phi) is 8.56. The van der Waals surface area contributed by atoms with Crippen LogP contribution in [0, 0.1) is 0 Å². The van der Waals surface area contributed by atoms with Gasteiger partial charge in [-0.3, -0.25) is 4.79 Å². The van der Waals surface area contributed by atoms with Crippen molar-refractivity contribution < 1.29 is 38.5 Å². The molecule has 0 aliphatic rings. The number of amides is 1. The van der Waals surface area contributed by atoms with Crippen LogP contribution in [-0.4, -0.2) is 52.5 Å². The molecule has 0 saturated carbocycles. The number of aliphatic carboxylic acids is 1. The Labute approximate surface area is 153 Å². The van der Waals surface area contributed by atoms with Gasteiger partial charge in [0, 0.05) is 6.42 Å². The van der Waals surface area contributed by atoms with Crippen molar-refractivity contribution in [1.82, 2.24) is 5.32 Å². The zero-order valence-corrected chi connectivity index (χ0v) is 16.4. The summed E-state index contributed by atoms with van der Waals surface area (Å²) in [6.07, 6.45) is -2.54. The number of alkyl carbamates (subject to hydrolysis) is 1. The number of nitrogens with one attached hydrogen (secondary N) is 1. The maximum absolute atomic E-state index is 12.3. The van der Waals surface area contributed by atoms with Crippen molar-refractivity contribution >= 4 is 24.0 Å². The first kappa shape index (κ1) is 23.7. The number of carbonyl (C=O) groups excluding carboxylic acids is 3. The van der Waals surface area contributed by atoms with Gasteiger partial charge in [-0.15, -0.1) is 0 Å². The highest BCUT2D eigenvalue weighted by atomic mass is 16.6. The molecule has 0 radical (unpaired) electrons. The standard InChI is InChI=1S/C17H29NO8/c1-10(13(20)21)24-12(19)9-8-11(14(22)25-16(2,3)4)18-15(23)26-17(5,6)7/h10-11H,8-9H2,1-7H3,(H,18,23)(H,20,21). The van der Waals surface area contributed by atoms with E-state index in [-0.39, 0.29) is 12.8 Å². The molecular formula is C17H29NO8. The van der Waals surface area contributed by atoms with Crippen LogP contribution in [0.1, 0.15) is 61.3 Å². The Hall–Kier alpha value is -2.32. The lowest BCUT2D eigenvalue weighted by molar-refractivity contribution is -0.163. The Morgan fingerprint density at radius 1 is 0.962 bits per heavy atom. The lowest BCUT2D eigenvalue weighted by Crippen LogP contribution is -2.46. The van der Waals surface area contributed by atoms with Gasteiger partial charge in [-0.05, 0) is 54.9 Å². The second-order valence-electron chi connectivity index (χ2n) is 7.74. The van der Waals surface area contributed by atoms with E-state index in [2.05, 4.69) is 5.32 Å². The number of carboxylic acid groups (broad SMARTS) is 1. The second kappa shape index (κ2) is 9.40. The maximum Gasteiger partial charge on any atom is 0.408 e. The van der Waals surface area contributed by atoms with Gasteiger partial charge in [0.05, 0.1) is 0 Å². The number of esters is 2. The summed E-state index contributed by atoms with van der Waals surface area (Å²) in [5, 5.41) is 11.1. The normalized spacial score (nSPS) is 14.0. The molecule has 2 N–H and O–H groups in total. The highest BCUT2D eigenvalue weighted by Crippen LogP contribution is 2.13. The van der Waals surface area contributed by atoms with E-state index < -0.39 is 47.3 Å². The molecule has 9 heteroatoms. The van der Waals surface area contributed by atoms with Crippen molar-refractivity contribution in [3.63, 3.8) is 0 Å². The number of hydrogen-bond donors (Lipinski definition) is 2. The van der Waals surface area contributed by atoms with Gasteiger partial charge in [-0.25, -0.2) is 14.4 Å². The molecule has 1 amide bonds. The van der Waals surface area contributed by atoms with Gasteiger partial charge in [0.25, 0.3) is 0 Å². The van der Waals surface area contributed by atoms with E-state index in [1.165, 1.54) is 6.92 Å². The van der Waals surface area contributed by atoms with Crippen molar-refractivity contribution in [2.24, 2.45) is 0 Å². The van der Waals surface area contributed by atoms with Crippen LogP contribution in [0.3, 0.4) is 0 Å². The predicted octanol–water partition coefficient (Wildman–Crippen LogP) is 2.02. The van der Waals surface area contributed by atoms with Gasteiger partial charge < -0.3 is 24.6 Å². The van der Waals surface area contributed by atoms with Gasteiger partial charge in [0.2, 0.25) is 0 Å². The number of hydrogen-bond acceptors (Lipinski definition) is 7. The van der Waals surface area contributed by atoms with Gasteiger partial charge in [-0.2, -0.15) is 0 Å². The van der Waals surface area contributed by atoms with Gasteiger partial charge in [0.1, 0.15) is 17.2 Å². The fourth-order valence-corrected chi connectivity index (χ4v) is 1.64. The fraction of sp³-hybridized carbons (Fsp3) is 0.765. The van der Waals surface area contributed by atoms with Crippen LogP contribution >= 0.6 is 0 Å². The molecule has 0 spiro atoms. The highest BCUT2D eigenvalue weighted by Gasteiger charge is 2.29. The molecule has 0 aliphatic carbocycles. The molecule has 0 rings (SSSR count). The van der Waals surface area contributed by atoms with E-state index in [0.717, 1.165) is 0 Å². The summed E-state index contributed by atoms with van der Waals surface area (Å²) in [4.78, 5) is 46.6. The topological polar surface area (TPSA) is 128 Å². The molecule has 0 fully saturated rings. The van der Waals surface area contributed by atoms with Crippen molar-refractivity contribution in [1.29, 1.82) is 0 Å². The van der Waals surface area contributed by atoms with E-state index in [1.54, 1.807) is 41.5 Å². The minimum Gasteiger partial charge on any atom is -0.479 e. The summed E-state index contributed by atoms with van der Waals surface area (Å²) in [5.74, 6) is -2.82. The number of rotatable bonds is 7. The first-order valence-corrected chi connectivity index (χ1v) is 8.25. The molecule has 26 heavy (non-hydrogen) atoms. The molecule has 0 aromatic rings. The van der Waals surface area contributed by atoms with Crippen molar-refractivity contribution in [2.45, 2.75) is 84.7 Å². The Bertz CT molecular complexity index is 530. The zero-order valence-electron chi connectivity index (χ0n) is 16.4. The van der Waals surface area contributed by atoms with Gasteiger partial charge >= 0.3 is 24.0 Å². The summed E-state index contributed by atoms with van der Waals surface area (Å²) in [6.45, 7) is 11.2. The summed E-state index contributed by atoms with van der Waals surface area (Å²) < 4.78 is 15.0. The summed E-state index contributed by atoms with van der Waals surface area (Å²) in [7, 11) is 0. The van der Waals surface area contributed by atoms with E-state index in [0.29, 0.717) is 0 Å². The zero-order chi connectivity index (χ0) is 20.7. The third-order valence-electron chi connectivity index (χ3n) is 2.68. The number of carboxylic acids is 1. The largest absolute Gasteiger partial charge is 0.479 e. The molecule has 150 valence electrons. The summed E-state index contributed by atoms with van der Waals surface area (Å²) in [6, 6.07) is -1.14. The summed E-state index contributed by atoms with van der Waals surface area (Å²) in [5.41, 5.74) is -1.55. The lowest BCUT2D eigenvalue weighted by Gasteiger charge is -2.26. The molecule has 0 saturated heterocycles. The van der Waals surface area contributed by atoms with E-state index in [4.69, 9.17) is 19.3 Å². The molecule has 0 aromatic carbocycles. The van der Waals surface area contributed by atoms with Crippen LogP contribution in [0.4, 0.5) is 4.79 Å². The van der Waals surface area contributed by atoms with E-state index in [9.17, 15) is 19.2 Å². The minimum atomic E-state index is -1.30. The smallest absolute Gasteiger partial charge is 0.408 e. The molecule has 0 aromatic heterocycles. The first-order chi connectivity index (χ1) is 11.6. The lowest BCUT2D eigenvalue weighted by atomic mass is 10.1. The Morgan fingerprint density at radius 2 is 1.46 bits per heavy atom. The van der Waals surface area contributed by atoms with Crippen LogP contribution in [0.15, 0.2) is 0 Å². The highest BCUT2D eigenvalue weighted by molar-refractivity contribution is 5.83. The number of ether oxygens (including phenoxy) is 3. The second-order valence-corrected chi connectivity index (χ2v) is 7.74. The third kappa shape index (κ3) is 11.3. The monoisotopic (exact) mass is 375 g/mol. The van der Waals surface area contributed by atoms with Gasteiger partial charge in [-0.1, -0.05) is 0 Å². The van der Waals surface area contributed by atoms with Crippen LogP contribution in [0.25, 0.3) is 0 Å². The molecule has 9 nitrogen and oxygen atoms in total. The molecule has 2 atom stereocenters. The maximum atomic E-state index is 12.3. The first-order valence-electron chi connectivity index (χ1n) is 8.25. The Morgan fingerprint density at radius 3 is 1.88 bits per heavy atom. The van der Waals surface area contributed by atoms with Gasteiger partial charge in [0.15, 0.2) is 6.10 Å². The fourth-order valence-electron chi connectivity index (χ4n) is 1.64. The van der Waals surface area contributed by atoms with Crippen molar-refractivity contribution in [3.8, 4) is 0 Å². The van der Waals surface area contributed by atoms with E-state index >= 15 is 0 Å². The van der Waals surface area contributed by atoms with Crippen LogP contribution in [-0.2, 0) is 28.6 Å². The molecule has 0 heterocycles. The SMILES string of the molecule is CC(OC(=O)CCC(NC(=O)OC(C)(C)C)C(=O)OC(C)(C)C)C(=O)O. The van der Waals surface area contributed by atoms with Crippen LogP contribution < -0.4 is 5.32 Å². The quantitative estimate of drug-likeness (QED) is 0.511. The van der Waals surface area contributed by atoms with Crippen LogP contribution in [0.5, 0.6) is 0 Å².